The summed E-state index contributed by atoms with van der Waals surface area (Å²) in [6.07, 6.45) is 4.86. The lowest BCUT2D eigenvalue weighted by molar-refractivity contribution is 0.313. The number of ether oxygens (including phenoxy) is 2. The van der Waals surface area contributed by atoms with Crippen molar-refractivity contribution in [3.05, 3.63) is 60.1 Å². The second-order valence-corrected chi connectivity index (χ2v) is 7.16. The Bertz CT molecular complexity index is 955. The fourth-order valence-electron chi connectivity index (χ4n) is 3.52. The predicted molar refractivity (Wildman–Crippen MR) is 106 cm³/mol. The molecule has 0 amide bonds. The van der Waals surface area contributed by atoms with Crippen LogP contribution < -0.4 is 9.47 Å². The number of benzene rings is 1. The van der Waals surface area contributed by atoms with Crippen molar-refractivity contribution in [2.45, 2.75) is 25.8 Å². The van der Waals surface area contributed by atoms with E-state index in [4.69, 9.17) is 14.5 Å². The second-order valence-electron chi connectivity index (χ2n) is 7.16. The monoisotopic (exact) mass is 379 g/mol. The molecule has 0 N–H and O–H groups in total. The lowest BCUT2D eigenvalue weighted by Crippen LogP contribution is -2.22. The lowest BCUT2D eigenvalue weighted by atomic mass is 10.1. The standard InChI is InChI=1S/C21H25N5O2/c1-15-11-20(28-18-6-4-5-17(12-18)27-3)24-21(23-15)16-7-9-26(13-16)14-19-22-8-10-25(19)2/h4-6,8,10-12,16H,7,9,13-14H2,1-3H3/t16-/m0/s1. The molecule has 2 aromatic heterocycles. The van der Waals surface area contributed by atoms with Crippen molar-refractivity contribution in [3.8, 4) is 17.4 Å². The van der Waals surface area contributed by atoms with Gasteiger partial charge < -0.3 is 14.0 Å². The summed E-state index contributed by atoms with van der Waals surface area (Å²) in [5, 5.41) is 0. The van der Waals surface area contributed by atoms with Crippen LogP contribution in [0.25, 0.3) is 0 Å². The number of imidazole rings is 1. The van der Waals surface area contributed by atoms with Gasteiger partial charge in [-0.05, 0) is 32.0 Å². The number of nitrogens with zero attached hydrogens (tertiary/aromatic N) is 5. The van der Waals surface area contributed by atoms with E-state index < -0.39 is 0 Å². The van der Waals surface area contributed by atoms with Crippen molar-refractivity contribution in [2.75, 3.05) is 20.2 Å². The van der Waals surface area contributed by atoms with Crippen LogP contribution >= 0.6 is 0 Å². The molecule has 0 bridgehead atoms. The minimum atomic E-state index is 0.299. The maximum Gasteiger partial charge on any atom is 0.222 e. The highest BCUT2D eigenvalue weighted by atomic mass is 16.5. The molecule has 1 aromatic carbocycles. The van der Waals surface area contributed by atoms with Gasteiger partial charge in [-0.25, -0.2) is 9.97 Å². The van der Waals surface area contributed by atoms with Crippen LogP contribution in [0.5, 0.6) is 17.4 Å². The highest BCUT2D eigenvalue weighted by molar-refractivity contribution is 5.35. The van der Waals surface area contributed by atoms with E-state index in [0.717, 1.165) is 49.1 Å². The summed E-state index contributed by atoms with van der Waals surface area (Å²) in [6, 6.07) is 9.39. The summed E-state index contributed by atoms with van der Waals surface area (Å²) in [6.45, 7) is 4.76. The third-order valence-corrected chi connectivity index (χ3v) is 5.04. The van der Waals surface area contributed by atoms with Crippen LogP contribution in [0.3, 0.4) is 0 Å². The molecule has 7 nitrogen and oxygen atoms in total. The fourth-order valence-corrected chi connectivity index (χ4v) is 3.52. The van der Waals surface area contributed by atoms with E-state index in [1.807, 2.05) is 56.7 Å². The van der Waals surface area contributed by atoms with Gasteiger partial charge >= 0.3 is 0 Å². The summed E-state index contributed by atoms with van der Waals surface area (Å²) < 4.78 is 13.3. The molecule has 1 atom stereocenters. The summed E-state index contributed by atoms with van der Waals surface area (Å²) in [5.41, 5.74) is 0.908. The Balaban J connectivity index is 1.47. The van der Waals surface area contributed by atoms with E-state index in [-0.39, 0.29) is 0 Å². The third-order valence-electron chi connectivity index (χ3n) is 5.04. The molecule has 28 heavy (non-hydrogen) atoms. The fraction of sp³-hybridized carbons (Fsp3) is 0.381. The normalized spacial score (nSPS) is 17.0. The number of rotatable bonds is 6. The molecular formula is C21H25N5O2. The molecule has 1 fully saturated rings. The molecule has 4 rings (SSSR count). The van der Waals surface area contributed by atoms with E-state index in [0.29, 0.717) is 17.5 Å². The van der Waals surface area contributed by atoms with Gasteiger partial charge in [-0.15, -0.1) is 0 Å². The Morgan fingerprint density at radius 1 is 1.18 bits per heavy atom. The maximum absolute atomic E-state index is 5.97. The van der Waals surface area contributed by atoms with Crippen LogP contribution in [0.2, 0.25) is 0 Å². The maximum atomic E-state index is 5.97. The first-order chi connectivity index (χ1) is 13.6. The van der Waals surface area contributed by atoms with Gasteiger partial charge in [0.15, 0.2) is 0 Å². The minimum Gasteiger partial charge on any atom is -0.497 e. The largest absolute Gasteiger partial charge is 0.497 e. The van der Waals surface area contributed by atoms with E-state index >= 15 is 0 Å². The molecule has 7 heteroatoms. The van der Waals surface area contributed by atoms with Crippen molar-refractivity contribution >= 4 is 0 Å². The average molecular weight is 379 g/mol. The highest BCUT2D eigenvalue weighted by Crippen LogP contribution is 2.29. The summed E-state index contributed by atoms with van der Waals surface area (Å²) in [5.74, 6) is 4.25. The van der Waals surface area contributed by atoms with Crippen molar-refractivity contribution in [2.24, 2.45) is 7.05 Å². The number of hydrogen-bond donors (Lipinski definition) is 0. The molecule has 3 heterocycles. The van der Waals surface area contributed by atoms with Gasteiger partial charge in [0.25, 0.3) is 0 Å². The number of methoxy groups -OCH3 is 1. The van der Waals surface area contributed by atoms with Crippen LogP contribution in [0.1, 0.15) is 29.7 Å². The number of hydrogen-bond acceptors (Lipinski definition) is 6. The molecule has 0 radical (unpaired) electrons. The Hall–Kier alpha value is -2.93. The van der Waals surface area contributed by atoms with E-state index in [9.17, 15) is 0 Å². The molecule has 0 spiro atoms. The van der Waals surface area contributed by atoms with E-state index in [1.54, 1.807) is 7.11 Å². The molecule has 3 aromatic rings. The van der Waals surface area contributed by atoms with Gasteiger partial charge in [0.05, 0.1) is 13.7 Å². The van der Waals surface area contributed by atoms with E-state index in [2.05, 4.69) is 19.4 Å². The summed E-state index contributed by atoms with van der Waals surface area (Å²) in [7, 11) is 3.67. The quantitative estimate of drug-likeness (QED) is 0.655. The first-order valence-corrected chi connectivity index (χ1v) is 9.47. The van der Waals surface area contributed by atoms with Crippen molar-refractivity contribution in [1.82, 2.24) is 24.4 Å². The van der Waals surface area contributed by atoms with Crippen molar-refractivity contribution in [1.29, 1.82) is 0 Å². The highest BCUT2D eigenvalue weighted by Gasteiger charge is 2.27. The van der Waals surface area contributed by atoms with Gasteiger partial charge in [-0.2, -0.15) is 4.98 Å². The molecule has 0 aliphatic carbocycles. The van der Waals surface area contributed by atoms with Crippen LogP contribution in [-0.4, -0.2) is 44.6 Å². The molecule has 146 valence electrons. The second kappa shape index (κ2) is 7.98. The van der Waals surface area contributed by atoms with Gasteiger partial charge in [-0.1, -0.05) is 6.07 Å². The van der Waals surface area contributed by atoms with E-state index in [1.165, 1.54) is 0 Å². The lowest BCUT2D eigenvalue weighted by Gasteiger charge is -2.16. The average Bonchev–Trinajstić information content (AvgIpc) is 3.31. The molecule has 1 aliphatic rings. The van der Waals surface area contributed by atoms with Gasteiger partial charge in [0, 0.05) is 49.7 Å². The summed E-state index contributed by atoms with van der Waals surface area (Å²) >= 11 is 0. The Labute approximate surface area is 165 Å². The van der Waals surface area contributed by atoms with Gasteiger partial charge in [-0.3, -0.25) is 4.90 Å². The van der Waals surface area contributed by atoms with Crippen LogP contribution in [-0.2, 0) is 13.6 Å². The molecule has 1 aliphatic heterocycles. The van der Waals surface area contributed by atoms with Crippen LogP contribution in [0.15, 0.2) is 42.7 Å². The van der Waals surface area contributed by atoms with Crippen LogP contribution in [0.4, 0.5) is 0 Å². The van der Waals surface area contributed by atoms with Gasteiger partial charge in [0.2, 0.25) is 5.88 Å². The number of aromatic nitrogens is 4. The zero-order chi connectivity index (χ0) is 19.5. The first-order valence-electron chi connectivity index (χ1n) is 9.47. The molecular weight excluding hydrogens is 354 g/mol. The Morgan fingerprint density at radius 3 is 2.82 bits per heavy atom. The first kappa shape index (κ1) is 18.4. The van der Waals surface area contributed by atoms with Crippen molar-refractivity contribution in [3.63, 3.8) is 0 Å². The van der Waals surface area contributed by atoms with Gasteiger partial charge in [0.1, 0.15) is 23.1 Å². The molecule has 1 saturated heterocycles. The zero-order valence-corrected chi connectivity index (χ0v) is 16.5. The number of likely N-dealkylation sites (tertiary alicyclic amines) is 1. The zero-order valence-electron chi connectivity index (χ0n) is 16.5. The third kappa shape index (κ3) is 4.14. The smallest absolute Gasteiger partial charge is 0.222 e. The predicted octanol–water partition coefficient (Wildman–Crippen LogP) is 3.31. The minimum absolute atomic E-state index is 0.299. The topological polar surface area (TPSA) is 65.3 Å². The SMILES string of the molecule is COc1cccc(Oc2cc(C)nc([C@H]3CCN(Cc4nccn4C)C3)n2)c1. The number of aryl methyl sites for hydroxylation is 2. The summed E-state index contributed by atoms with van der Waals surface area (Å²) in [4.78, 5) is 16.2. The Morgan fingerprint density at radius 2 is 2.04 bits per heavy atom. The van der Waals surface area contributed by atoms with Crippen LogP contribution in [0, 0.1) is 6.92 Å². The Kier molecular flexibility index (Phi) is 5.25. The molecule has 0 saturated carbocycles. The van der Waals surface area contributed by atoms with Crippen molar-refractivity contribution < 1.29 is 9.47 Å². The molecule has 0 unspecified atom stereocenters.